The number of carboxylic acid groups (broad SMARTS) is 1. The Balaban J connectivity index is 2.55. The molecule has 5 nitrogen and oxygen atoms in total. The highest BCUT2D eigenvalue weighted by Crippen LogP contribution is 2.17. The Morgan fingerprint density at radius 1 is 1.20 bits per heavy atom. The van der Waals surface area contributed by atoms with Gasteiger partial charge in [0.05, 0.1) is 0 Å². The molecular formula is C15H22N2O3. The number of hydrogen-bond donors (Lipinski definition) is 3. The zero-order chi connectivity index (χ0) is 15.2. The van der Waals surface area contributed by atoms with Gasteiger partial charge in [0.2, 0.25) is 0 Å². The number of amides is 2. The molecule has 0 fully saturated rings. The molecule has 0 radical (unpaired) electrons. The first-order valence-electron chi connectivity index (χ1n) is 6.62. The van der Waals surface area contributed by atoms with Crippen molar-refractivity contribution >= 4 is 12.0 Å². The van der Waals surface area contributed by atoms with E-state index in [9.17, 15) is 14.7 Å². The van der Waals surface area contributed by atoms with E-state index in [1.54, 1.807) is 30.3 Å². The molecular weight excluding hydrogens is 256 g/mol. The number of rotatable bonds is 5. The molecule has 0 aliphatic carbocycles. The van der Waals surface area contributed by atoms with Gasteiger partial charge in [-0.1, -0.05) is 51.1 Å². The SMILES string of the molecule is CC(C)(C)CCNC(=O)N[C@H](C(=O)O)c1ccccc1. The fourth-order valence-electron chi connectivity index (χ4n) is 1.67. The maximum atomic E-state index is 11.7. The fourth-order valence-corrected chi connectivity index (χ4v) is 1.67. The zero-order valence-electron chi connectivity index (χ0n) is 12.1. The largest absolute Gasteiger partial charge is 0.479 e. The molecule has 1 aromatic carbocycles. The number of urea groups is 1. The first-order valence-corrected chi connectivity index (χ1v) is 6.62. The lowest BCUT2D eigenvalue weighted by Crippen LogP contribution is -2.41. The van der Waals surface area contributed by atoms with Crippen LogP contribution in [0.4, 0.5) is 4.79 Å². The molecule has 0 spiro atoms. The minimum Gasteiger partial charge on any atom is -0.479 e. The lowest BCUT2D eigenvalue weighted by Gasteiger charge is -2.19. The van der Waals surface area contributed by atoms with Crippen molar-refractivity contribution in [2.45, 2.75) is 33.2 Å². The molecule has 0 aromatic heterocycles. The number of carbonyl (C=O) groups excluding carboxylic acids is 1. The van der Waals surface area contributed by atoms with Gasteiger partial charge in [0.1, 0.15) is 0 Å². The van der Waals surface area contributed by atoms with Gasteiger partial charge in [0.15, 0.2) is 6.04 Å². The van der Waals surface area contributed by atoms with Gasteiger partial charge < -0.3 is 15.7 Å². The van der Waals surface area contributed by atoms with Gasteiger partial charge in [0, 0.05) is 6.54 Å². The van der Waals surface area contributed by atoms with E-state index < -0.39 is 18.0 Å². The van der Waals surface area contributed by atoms with Gasteiger partial charge >= 0.3 is 12.0 Å². The molecule has 1 rings (SSSR count). The highest BCUT2D eigenvalue weighted by Gasteiger charge is 2.21. The van der Waals surface area contributed by atoms with Crippen LogP contribution in [0.1, 0.15) is 38.8 Å². The predicted molar refractivity (Wildman–Crippen MR) is 77.4 cm³/mol. The second-order valence-corrected chi connectivity index (χ2v) is 5.89. The normalized spacial score (nSPS) is 12.6. The van der Waals surface area contributed by atoms with Gasteiger partial charge in [-0.2, -0.15) is 0 Å². The van der Waals surface area contributed by atoms with Crippen molar-refractivity contribution in [1.82, 2.24) is 10.6 Å². The van der Waals surface area contributed by atoms with Crippen LogP contribution < -0.4 is 10.6 Å². The van der Waals surface area contributed by atoms with Crippen LogP contribution >= 0.6 is 0 Å². The molecule has 20 heavy (non-hydrogen) atoms. The summed E-state index contributed by atoms with van der Waals surface area (Å²) in [7, 11) is 0. The summed E-state index contributed by atoms with van der Waals surface area (Å²) < 4.78 is 0. The summed E-state index contributed by atoms with van der Waals surface area (Å²) in [6.07, 6.45) is 0.823. The molecule has 0 aliphatic rings. The van der Waals surface area contributed by atoms with Crippen molar-refractivity contribution in [1.29, 1.82) is 0 Å². The minimum atomic E-state index is -1.08. The third kappa shape index (κ3) is 5.73. The van der Waals surface area contributed by atoms with Crippen LogP contribution in [-0.4, -0.2) is 23.7 Å². The van der Waals surface area contributed by atoms with Gasteiger partial charge in [0.25, 0.3) is 0 Å². The summed E-state index contributed by atoms with van der Waals surface area (Å²) in [5.41, 5.74) is 0.671. The topological polar surface area (TPSA) is 78.4 Å². The molecule has 0 saturated carbocycles. The highest BCUT2D eigenvalue weighted by molar-refractivity contribution is 5.83. The van der Waals surface area contributed by atoms with Crippen LogP contribution in [0.3, 0.4) is 0 Å². The van der Waals surface area contributed by atoms with Crippen LogP contribution in [0.25, 0.3) is 0 Å². The van der Waals surface area contributed by atoms with E-state index in [0.29, 0.717) is 12.1 Å². The number of benzene rings is 1. The standard InChI is InChI=1S/C15H22N2O3/c1-15(2,3)9-10-16-14(20)17-12(13(18)19)11-7-5-4-6-8-11/h4-8,12H,9-10H2,1-3H3,(H,18,19)(H2,16,17,20)/t12-/m0/s1. The summed E-state index contributed by atoms with van der Waals surface area (Å²) in [5.74, 6) is -1.08. The lowest BCUT2D eigenvalue weighted by molar-refractivity contribution is -0.139. The third-order valence-electron chi connectivity index (χ3n) is 2.82. The molecule has 110 valence electrons. The molecule has 2 amide bonds. The quantitative estimate of drug-likeness (QED) is 0.774. The highest BCUT2D eigenvalue weighted by atomic mass is 16.4. The van der Waals surface area contributed by atoms with Crippen LogP contribution in [-0.2, 0) is 4.79 Å². The van der Waals surface area contributed by atoms with E-state index in [2.05, 4.69) is 31.4 Å². The predicted octanol–water partition coefficient (Wildman–Crippen LogP) is 2.55. The van der Waals surface area contributed by atoms with Crippen molar-refractivity contribution < 1.29 is 14.7 Å². The summed E-state index contributed by atoms with van der Waals surface area (Å²) in [6, 6.07) is 7.12. The lowest BCUT2D eigenvalue weighted by atomic mass is 9.92. The monoisotopic (exact) mass is 278 g/mol. The molecule has 0 bridgehead atoms. The number of carboxylic acids is 1. The average Bonchev–Trinajstić information content (AvgIpc) is 2.35. The second kappa shape index (κ2) is 6.93. The van der Waals surface area contributed by atoms with Gasteiger partial charge in [-0.05, 0) is 17.4 Å². The number of carbonyl (C=O) groups is 2. The average molecular weight is 278 g/mol. The molecule has 3 N–H and O–H groups in total. The zero-order valence-corrected chi connectivity index (χ0v) is 12.1. The van der Waals surface area contributed by atoms with Crippen LogP contribution in [0.5, 0.6) is 0 Å². The summed E-state index contributed by atoms with van der Waals surface area (Å²) >= 11 is 0. The van der Waals surface area contributed by atoms with Crippen molar-refractivity contribution in [3.8, 4) is 0 Å². The Labute approximate surface area is 119 Å². The van der Waals surface area contributed by atoms with E-state index in [4.69, 9.17) is 0 Å². The molecule has 5 heteroatoms. The Morgan fingerprint density at radius 2 is 1.80 bits per heavy atom. The van der Waals surface area contributed by atoms with Crippen LogP contribution in [0, 0.1) is 5.41 Å². The van der Waals surface area contributed by atoms with Crippen LogP contribution in [0.2, 0.25) is 0 Å². The first-order chi connectivity index (χ1) is 9.29. The first kappa shape index (κ1) is 16.0. The molecule has 0 aliphatic heterocycles. The summed E-state index contributed by atoms with van der Waals surface area (Å²) in [4.78, 5) is 23.0. The molecule has 1 aromatic rings. The van der Waals surface area contributed by atoms with E-state index >= 15 is 0 Å². The Kier molecular flexibility index (Phi) is 5.55. The number of hydrogen-bond acceptors (Lipinski definition) is 2. The molecule has 0 unspecified atom stereocenters. The minimum absolute atomic E-state index is 0.124. The number of aliphatic carboxylic acids is 1. The third-order valence-corrected chi connectivity index (χ3v) is 2.82. The van der Waals surface area contributed by atoms with E-state index in [1.165, 1.54) is 0 Å². The van der Waals surface area contributed by atoms with Crippen LogP contribution in [0.15, 0.2) is 30.3 Å². The number of nitrogens with one attached hydrogen (secondary N) is 2. The Hall–Kier alpha value is -2.04. The maximum Gasteiger partial charge on any atom is 0.330 e. The maximum absolute atomic E-state index is 11.7. The molecule has 0 heterocycles. The van der Waals surface area contributed by atoms with Gasteiger partial charge in [-0.3, -0.25) is 0 Å². The summed E-state index contributed by atoms with van der Waals surface area (Å²) in [5, 5.41) is 14.3. The van der Waals surface area contributed by atoms with Gasteiger partial charge in [-0.15, -0.1) is 0 Å². The van der Waals surface area contributed by atoms with E-state index in [0.717, 1.165) is 6.42 Å². The van der Waals surface area contributed by atoms with E-state index in [-0.39, 0.29) is 5.41 Å². The Morgan fingerprint density at radius 3 is 2.30 bits per heavy atom. The van der Waals surface area contributed by atoms with Crippen molar-refractivity contribution in [3.05, 3.63) is 35.9 Å². The molecule has 0 saturated heterocycles. The smallest absolute Gasteiger partial charge is 0.330 e. The van der Waals surface area contributed by atoms with Crippen molar-refractivity contribution in [3.63, 3.8) is 0 Å². The van der Waals surface area contributed by atoms with E-state index in [1.807, 2.05) is 0 Å². The Bertz CT molecular complexity index is 452. The molecule has 1 atom stereocenters. The van der Waals surface area contributed by atoms with Gasteiger partial charge in [-0.25, -0.2) is 9.59 Å². The van der Waals surface area contributed by atoms with Crippen molar-refractivity contribution in [2.24, 2.45) is 5.41 Å². The fraction of sp³-hybridized carbons (Fsp3) is 0.467. The van der Waals surface area contributed by atoms with Crippen molar-refractivity contribution in [2.75, 3.05) is 6.54 Å². The summed E-state index contributed by atoms with van der Waals surface area (Å²) in [6.45, 7) is 6.75. The second-order valence-electron chi connectivity index (χ2n) is 5.89.